The molecule has 0 saturated carbocycles. The van der Waals surface area contributed by atoms with Crippen LogP contribution in [0.15, 0.2) is 72.8 Å². The van der Waals surface area contributed by atoms with E-state index in [1.807, 2.05) is 0 Å². The summed E-state index contributed by atoms with van der Waals surface area (Å²) in [7, 11) is -1.20. The van der Waals surface area contributed by atoms with Gasteiger partial charge in [-0.25, -0.2) is 14.2 Å². The van der Waals surface area contributed by atoms with Gasteiger partial charge in [-0.1, -0.05) is 24.3 Å². The topological polar surface area (TPSA) is 210 Å². The van der Waals surface area contributed by atoms with Gasteiger partial charge in [-0.15, -0.1) is 0 Å². The Morgan fingerprint density at radius 3 is 1.80 bits per heavy atom. The van der Waals surface area contributed by atoms with Crippen LogP contribution in [0.25, 0.3) is 5.69 Å². The molecule has 0 fully saturated rings. The number of aldehydes is 1. The second-order valence-corrected chi connectivity index (χ2v) is 12.7. The average Bonchev–Trinajstić information content (AvgIpc) is 3.41. The van der Waals surface area contributed by atoms with Crippen LogP contribution in [0.1, 0.15) is 52.8 Å². The fourth-order valence-electron chi connectivity index (χ4n) is 4.37. The number of phosphoric ester groups is 1. The lowest BCUT2D eigenvalue weighted by molar-refractivity contribution is 0.0676. The third kappa shape index (κ3) is 9.47. The van der Waals surface area contributed by atoms with E-state index < -0.39 is 52.4 Å². The van der Waals surface area contributed by atoms with Crippen molar-refractivity contribution in [1.29, 1.82) is 0 Å². The highest BCUT2D eigenvalue weighted by atomic mass is 31.2. The van der Waals surface area contributed by atoms with Crippen molar-refractivity contribution in [3.05, 3.63) is 106 Å². The van der Waals surface area contributed by atoms with Gasteiger partial charge in [0.05, 0.1) is 31.5 Å². The number of phosphoric acid groups is 1. The zero-order valence-corrected chi connectivity index (χ0v) is 28.8. The third-order valence-corrected chi connectivity index (χ3v) is 7.96. The molecule has 1 unspecified atom stereocenters. The Kier molecular flexibility index (Phi) is 12.8. The van der Waals surface area contributed by atoms with Gasteiger partial charge in [0.2, 0.25) is 11.5 Å². The van der Waals surface area contributed by atoms with E-state index >= 15 is 0 Å². The summed E-state index contributed by atoms with van der Waals surface area (Å²) < 4.78 is 43.2. The molecule has 4 rings (SSSR count). The Bertz CT molecular complexity index is 1890. The number of hydrogen-bond donors (Lipinski definition) is 3. The van der Waals surface area contributed by atoms with Crippen molar-refractivity contribution in [3.8, 4) is 22.9 Å². The fourth-order valence-corrected chi connectivity index (χ4v) is 5.05. The van der Waals surface area contributed by atoms with Crippen LogP contribution >= 0.6 is 16.4 Å². The lowest BCUT2D eigenvalue weighted by Crippen LogP contribution is -2.26. The Morgan fingerprint density at radius 1 is 0.820 bits per heavy atom. The van der Waals surface area contributed by atoms with E-state index in [1.54, 1.807) is 12.1 Å². The van der Waals surface area contributed by atoms with E-state index in [4.69, 9.17) is 33.0 Å². The maximum absolute atomic E-state index is 13.7. The van der Waals surface area contributed by atoms with Crippen molar-refractivity contribution in [2.45, 2.75) is 13.2 Å². The molecule has 0 radical (unpaired) electrons. The van der Waals surface area contributed by atoms with Gasteiger partial charge in [-0.3, -0.25) is 18.7 Å². The minimum Gasteiger partial charge on any atom is -0.497 e. The monoisotopic (exact) mass is 730 g/mol. The predicted octanol–water partition coefficient (Wildman–Crippen LogP) is 4.43. The molecule has 1 atom stereocenters. The molecule has 264 valence electrons. The van der Waals surface area contributed by atoms with Gasteiger partial charge >= 0.3 is 28.4 Å². The summed E-state index contributed by atoms with van der Waals surface area (Å²) in [5.74, 6) is -3.29. The molecule has 0 saturated heterocycles. The van der Waals surface area contributed by atoms with E-state index in [0.29, 0.717) is 23.2 Å². The highest BCUT2D eigenvalue weighted by Gasteiger charge is 2.35. The van der Waals surface area contributed by atoms with Crippen LogP contribution in [-0.2, 0) is 31.4 Å². The van der Waals surface area contributed by atoms with Crippen LogP contribution in [0.2, 0.25) is 0 Å². The predicted molar refractivity (Wildman–Crippen MR) is 176 cm³/mol. The lowest BCUT2D eigenvalue weighted by atomic mass is 10.1. The normalized spacial score (nSPS) is 11.8. The summed E-state index contributed by atoms with van der Waals surface area (Å²) in [4.78, 5) is 82.0. The summed E-state index contributed by atoms with van der Waals surface area (Å²) in [6.45, 7) is -0.461. The van der Waals surface area contributed by atoms with Crippen LogP contribution in [0.4, 0.5) is 0 Å². The first-order chi connectivity index (χ1) is 23.8. The van der Waals surface area contributed by atoms with E-state index in [1.165, 1.54) is 98.4 Å². The van der Waals surface area contributed by atoms with Gasteiger partial charge in [-0.2, -0.15) is 0 Å². The Labute approximate surface area is 286 Å². The number of esters is 2. The number of benzene rings is 3. The first-order valence-electron chi connectivity index (χ1n) is 14.3. The quantitative estimate of drug-likeness (QED) is 0.0878. The van der Waals surface area contributed by atoms with Gasteiger partial charge in [0.15, 0.2) is 12.0 Å². The molecule has 4 aromatic rings. The van der Waals surface area contributed by atoms with Crippen LogP contribution in [0.3, 0.4) is 0 Å². The molecule has 50 heavy (non-hydrogen) atoms. The van der Waals surface area contributed by atoms with Crippen molar-refractivity contribution in [1.82, 2.24) is 9.47 Å². The van der Waals surface area contributed by atoms with Crippen molar-refractivity contribution < 1.29 is 66.2 Å². The van der Waals surface area contributed by atoms with Gasteiger partial charge < -0.3 is 42.8 Å². The Balaban J connectivity index is 1.80. The standard InChI is InChI=1S/C32H32N2O14P2/c1-33(2)30(36)27-29(48-32(38)23-9-5-20(6-10-23)18-45-49(39)44-4)28(26(17-35)34(27)24-13-15-25(43-3)16-14-24)47-31(37)22-11-7-21(8-12-22)19-46-50(40,41)42/h5-17,39H,18-19H2,1-4H3,(H2,40,41,42). The molecular formula is C32H32N2O14P2. The zero-order chi connectivity index (χ0) is 36.6. The SMILES string of the molecule is COc1ccc(-n2c(C=O)c(OC(=O)c3ccc(COP(=O)(O)O)cc3)c(OC(=O)c3ccc(COP(O)OC)cc3)c2C(=O)N(C)C)cc1. The van der Waals surface area contributed by atoms with Gasteiger partial charge in [-0.05, 0) is 59.7 Å². The number of aromatic nitrogens is 1. The van der Waals surface area contributed by atoms with Crippen molar-refractivity contribution in [3.63, 3.8) is 0 Å². The molecule has 3 aromatic carbocycles. The minimum atomic E-state index is -4.74. The molecule has 0 aliphatic rings. The molecule has 1 amide bonds. The lowest BCUT2D eigenvalue weighted by Gasteiger charge is -2.16. The van der Waals surface area contributed by atoms with Crippen LogP contribution < -0.4 is 14.2 Å². The molecule has 1 aromatic heterocycles. The first kappa shape index (κ1) is 38.0. The Morgan fingerprint density at radius 2 is 1.34 bits per heavy atom. The molecule has 16 nitrogen and oxygen atoms in total. The molecule has 3 N–H and O–H groups in total. The largest absolute Gasteiger partial charge is 0.497 e. The minimum absolute atomic E-state index is 0.0158. The summed E-state index contributed by atoms with van der Waals surface area (Å²) >= 11 is 0. The van der Waals surface area contributed by atoms with Crippen molar-refractivity contribution >= 4 is 40.6 Å². The van der Waals surface area contributed by atoms with Gasteiger partial charge in [0, 0.05) is 26.9 Å². The molecule has 0 aliphatic carbocycles. The van der Waals surface area contributed by atoms with Crippen LogP contribution in [0.5, 0.6) is 17.2 Å². The van der Waals surface area contributed by atoms with E-state index in [-0.39, 0.29) is 34.8 Å². The zero-order valence-electron chi connectivity index (χ0n) is 27.0. The van der Waals surface area contributed by atoms with Gasteiger partial charge in [0.1, 0.15) is 11.4 Å². The van der Waals surface area contributed by atoms with Crippen LogP contribution in [0, 0.1) is 0 Å². The highest BCUT2D eigenvalue weighted by molar-refractivity contribution is 7.46. The highest BCUT2D eigenvalue weighted by Crippen LogP contribution is 2.42. The number of rotatable bonds is 15. The van der Waals surface area contributed by atoms with Crippen molar-refractivity contribution in [2.24, 2.45) is 0 Å². The number of hydrogen-bond acceptors (Lipinski definition) is 12. The summed E-state index contributed by atoms with van der Waals surface area (Å²) in [5.41, 5.74) is 0.479. The summed E-state index contributed by atoms with van der Waals surface area (Å²) in [6.07, 6.45) is 0.337. The summed E-state index contributed by atoms with van der Waals surface area (Å²) in [5, 5.41) is 0. The maximum Gasteiger partial charge on any atom is 0.469 e. The van der Waals surface area contributed by atoms with E-state index in [0.717, 1.165) is 0 Å². The number of nitrogens with zero attached hydrogens (tertiary/aromatic N) is 2. The number of carbonyl (C=O) groups is 4. The van der Waals surface area contributed by atoms with Gasteiger partial charge in [0.25, 0.3) is 5.91 Å². The smallest absolute Gasteiger partial charge is 0.469 e. The van der Waals surface area contributed by atoms with E-state index in [2.05, 4.69) is 4.52 Å². The molecule has 0 spiro atoms. The summed E-state index contributed by atoms with van der Waals surface area (Å²) in [6, 6.07) is 17.4. The van der Waals surface area contributed by atoms with Crippen molar-refractivity contribution in [2.75, 3.05) is 28.3 Å². The maximum atomic E-state index is 13.7. The molecule has 1 heterocycles. The number of methoxy groups -OCH3 is 1. The number of carbonyl (C=O) groups excluding carboxylic acids is 4. The first-order valence-corrected chi connectivity index (χ1v) is 17.0. The second kappa shape index (κ2) is 16.8. The molecular weight excluding hydrogens is 698 g/mol. The Hall–Kier alpha value is -4.76. The second-order valence-electron chi connectivity index (χ2n) is 10.4. The third-order valence-electron chi connectivity index (χ3n) is 6.84. The molecule has 18 heteroatoms. The average molecular weight is 731 g/mol. The number of amides is 1. The molecule has 0 bridgehead atoms. The fraction of sp³-hybridized carbons (Fsp3) is 0.188. The molecule has 0 aliphatic heterocycles. The number of ether oxygens (including phenoxy) is 3. The van der Waals surface area contributed by atoms with Crippen LogP contribution in [-0.4, -0.2) is 76.6 Å². The van der Waals surface area contributed by atoms with E-state index in [9.17, 15) is 28.6 Å².